The number of aldehydes is 1. The third kappa shape index (κ3) is 4.89. The highest BCUT2D eigenvalue weighted by molar-refractivity contribution is 6.01. The monoisotopic (exact) mass is 432 g/mol. The summed E-state index contributed by atoms with van der Waals surface area (Å²) in [6.07, 6.45) is 5.49. The SMILES string of the molecule is CCN(C(=O)Nc1cc(NC(C)C)c(C#N)cn1)c1ccc(-c2cnn(C)c2)c(C=O)n1. The topological polar surface area (TPSA) is 129 Å². The van der Waals surface area contributed by atoms with E-state index in [2.05, 4.69) is 31.8 Å². The molecule has 3 aromatic heterocycles. The van der Waals surface area contributed by atoms with Gasteiger partial charge in [0, 0.05) is 49.2 Å². The summed E-state index contributed by atoms with van der Waals surface area (Å²) < 4.78 is 1.64. The molecule has 0 aromatic carbocycles. The summed E-state index contributed by atoms with van der Waals surface area (Å²) in [5.74, 6) is 0.618. The lowest BCUT2D eigenvalue weighted by atomic mass is 10.1. The third-order valence-electron chi connectivity index (χ3n) is 4.58. The molecule has 10 heteroatoms. The molecule has 2 amide bonds. The zero-order valence-corrected chi connectivity index (χ0v) is 18.3. The Morgan fingerprint density at radius 2 is 2.12 bits per heavy atom. The number of nitriles is 1. The number of urea groups is 1. The number of nitrogens with one attached hydrogen (secondary N) is 2. The van der Waals surface area contributed by atoms with Crippen molar-refractivity contribution in [2.75, 3.05) is 22.1 Å². The van der Waals surface area contributed by atoms with Crippen LogP contribution < -0.4 is 15.5 Å². The van der Waals surface area contributed by atoms with Gasteiger partial charge < -0.3 is 5.32 Å². The normalized spacial score (nSPS) is 10.5. The van der Waals surface area contributed by atoms with Gasteiger partial charge in [-0.2, -0.15) is 10.4 Å². The first-order valence-electron chi connectivity index (χ1n) is 10.1. The predicted molar refractivity (Wildman–Crippen MR) is 122 cm³/mol. The molecule has 3 heterocycles. The molecule has 0 unspecified atom stereocenters. The molecule has 10 nitrogen and oxygen atoms in total. The number of hydrogen-bond donors (Lipinski definition) is 2. The van der Waals surface area contributed by atoms with Gasteiger partial charge in [-0.1, -0.05) is 0 Å². The maximum Gasteiger partial charge on any atom is 0.328 e. The Kier molecular flexibility index (Phi) is 6.80. The van der Waals surface area contributed by atoms with E-state index in [0.717, 1.165) is 5.56 Å². The standard InChI is InChI=1S/C22H24N8O2/c1-5-30(21-7-6-17(19(13-31)27-21)16-11-25-29(4)12-16)22(32)28-20-8-18(26-14(2)3)15(9-23)10-24-20/h6-8,10-14H,5H2,1-4H3,(H2,24,26,28,32). The Labute approximate surface area is 185 Å². The highest BCUT2D eigenvalue weighted by Crippen LogP contribution is 2.25. The molecule has 164 valence electrons. The van der Waals surface area contributed by atoms with E-state index in [1.807, 2.05) is 13.8 Å². The van der Waals surface area contributed by atoms with Crippen LogP contribution in [0.4, 0.5) is 22.1 Å². The van der Waals surface area contributed by atoms with Crippen molar-refractivity contribution >= 4 is 29.6 Å². The first-order chi connectivity index (χ1) is 15.4. The summed E-state index contributed by atoms with van der Waals surface area (Å²) in [5, 5.41) is 19.3. The van der Waals surface area contributed by atoms with Crippen molar-refractivity contribution in [1.82, 2.24) is 19.7 Å². The van der Waals surface area contributed by atoms with Crippen LogP contribution in [0.15, 0.2) is 36.8 Å². The lowest BCUT2D eigenvalue weighted by Crippen LogP contribution is -2.35. The van der Waals surface area contributed by atoms with Gasteiger partial charge in [0.15, 0.2) is 6.29 Å². The van der Waals surface area contributed by atoms with Crippen LogP contribution in [0, 0.1) is 11.3 Å². The summed E-state index contributed by atoms with van der Waals surface area (Å²) in [4.78, 5) is 34.5. The molecule has 2 N–H and O–H groups in total. The molecule has 0 saturated carbocycles. The number of hydrogen-bond acceptors (Lipinski definition) is 7. The number of aromatic nitrogens is 4. The maximum absolute atomic E-state index is 12.9. The fourth-order valence-corrected chi connectivity index (χ4v) is 3.14. The Hall–Kier alpha value is -4.26. The average Bonchev–Trinajstić information content (AvgIpc) is 3.20. The van der Waals surface area contributed by atoms with Gasteiger partial charge in [-0.3, -0.25) is 19.7 Å². The molecule has 0 spiro atoms. The van der Waals surface area contributed by atoms with E-state index in [1.54, 1.807) is 49.2 Å². The number of carbonyl (C=O) groups is 2. The maximum atomic E-state index is 12.9. The van der Waals surface area contributed by atoms with E-state index in [4.69, 9.17) is 0 Å². The quantitative estimate of drug-likeness (QED) is 0.547. The lowest BCUT2D eigenvalue weighted by molar-refractivity contribution is 0.111. The highest BCUT2D eigenvalue weighted by Gasteiger charge is 2.19. The van der Waals surface area contributed by atoms with Gasteiger partial charge in [0.1, 0.15) is 23.4 Å². The van der Waals surface area contributed by atoms with Crippen molar-refractivity contribution in [3.05, 3.63) is 48.0 Å². The number of pyridine rings is 2. The van der Waals surface area contributed by atoms with Crippen molar-refractivity contribution < 1.29 is 9.59 Å². The van der Waals surface area contributed by atoms with Crippen LogP contribution in [0.5, 0.6) is 0 Å². The fraction of sp³-hybridized carbons (Fsp3) is 0.273. The molecule has 0 fully saturated rings. The van der Waals surface area contributed by atoms with Crippen molar-refractivity contribution in [2.45, 2.75) is 26.8 Å². The molecule has 3 rings (SSSR count). The molecular formula is C22H24N8O2. The van der Waals surface area contributed by atoms with Crippen molar-refractivity contribution in [2.24, 2.45) is 7.05 Å². The molecule has 0 aliphatic heterocycles. The van der Waals surface area contributed by atoms with E-state index < -0.39 is 6.03 Å². The number of anilines is 3. The van der Waals surface area contributed by atoms with E-state index in [0.29, 0.717) is 35.5 Å². The Balaban J connectivity index is 1.86. The summed E-state index contributed by atoms with van der Waals surface area (Å²) in [6, 6.07) is 6.75. The molecule has 0 bridgehead atoms. The zero-order chi connectivity index (χ0) is 23.3. The van der Waals surface area contributed by atoms with Crippen LogP contribution in [0.1, 0.15) is 36.8 Å². The van der Waals surface area contributed by atoms with Crippen LogP contribution in [0.2, 0.25) is 0 Å². The molecule has 0 atom stereocenters. The minimum atomic E-state index is -0.460. The van der Waals surface area contributed by atoms with Gasteiger partial charge in [0.2, 0.25) is 0 Å². The van der Waals surface area contributed by atoms with Gasteiger partial charge in [-0.15, -0.1) is 0 Å². The highest BCUT2D eigenvalue weighted by atomic mass is 16.2. The second-order valence-electron chi connectivity index (χ2n) is 7.32. The number of rotatable bonds is 7. The number of carbonyl (C=O) groups excluding carboxylic acids is 2. The van der Waals surface area contributed by atoms with E-state index in [-0.39, 0.29) is 17.6 Å². The summed E-state index contributed by atoms with van der Waals surface area (Å²) in [6.45, 7) is 6.01. The van der Waals surface area contributed by atoms with Gasteiger partial charge in [-0.25, -0.2) is 14.8 Å². The second kappa shape index (κ2) is 9.70. The third-order valence-corrected chi connectivity index (χ3v) is 4.58. The van der Waals surface area contributed by atoms with E-state index >= 15 is 0 Å². The molecule has 3 aromatic rings. The zero-order valence-electron chi connectivity index (χ0n) is 18.3. The first kappa shape index (κ1) is 22.4. The van der Waals surface area contributed by atoms with Crippen molar-refractivity contribution in [3.8, 4) is 17.2 Å². The number of aryl methyl sites for hydroxylation is 1. The van der Waals surface area contributed by atoms with Gasteiger partial charge in [-0.05, 0) is 32.9 Å². The minimum absolute atomic E-state index is 0.101. The molecule has 0 radical (unpaired) electrons. The average molecular weight is 432 g/mol. The van der Waals surface area contributed by atoms with Crippen molar-refractivity contribution in [1.29, 1.82) is 5.26 Å². The molecule has 0 aliphatic rings. The molecular weight excluding hydrogens is 408 g/mol. The Bertz CT molecular complexity index is 1180. The van der Waals surface area contributed by atoms with Gasteiger partial charge in [0.05, 0.1) is 17.4 Å². The second-order valence-corrected chi connectivity index (χ2v) is 7.32. The largest absolute Gasteiger partial charge is 0.382 e. The van der Waals surface area contributed by atoms with Crippen LogP contribution >= 0.6 is 0 Å². The summed E-state index contributed by atoms with van der Waals surface area (Å²) >= 11 is 0. The van der Waals surface area contributed by atoms with Crippen LogP contribution in [0.25, 0.3) is 11.1 Å². The number of nitrogens with zero attached hydrogens (tertiary/aromatic N) is 6. The Morgan fingerprint density at radius 1 is 1.34 bits per heavy atom. The van der Waals surface area contributed by atoms with E-state index in [9.17, 15) is 14.9 Å². The molecule has 32 heavy (non-hydrogen) atoms. The van der Waals surface area contributed by atoms with Crippen molar-refractivity contribution in [3.63, 3.8) is 0 Å². The predicted octanol–water partition coefficient (Wildman–Crippen LogP) is 3.44. The summed E-state index contributed by atoms with van der Waals surface area (Å²) in [7, 11) is 1.79. The molecule has 0 saturated heterocycles. The lowest BCUT2D eigenvalue weighted by Gasteiger charge is -2.21. The summed E-state index contributed by atoms with van der Waals surface area (Å²) in [5.41, 5.74) is 2.56. The van der Waals surface area contributed by atoms with Gasteiger partial charge >= 0.3 is 6.03 Å². The minimum Gasteiger partial charge on any atom is -0.382 e. The fourth-order valence-electron chi connectivity index (χ4n) is 3.14. The van der Waals surface area contributed by atoms with Crippen LogP contribution in [0.3, 0.4) is 0 Å². The van der Waals surface area contributed by atoms with Gasteiger partial charge in [0.25, 0.3) is 0 Å². The smallest absolute Gasteiger partial charge is 0.328 e. The first-order valence-corrected chi connectivity index (χ1v) is 10.1. The molecule has 0 aliphatic carbocycles. The van der Waals surface area contributed by atoms with Crippen LogP contribution in [-0.4, -0.2) is 44.7 Å². The van der Waals surface area contributed by atoms with Crippen LogP contribution in [-0.2, 0) is 7.05 Å². The Morgan fingerprint density at radius 3 is 2.72 bits per heavy atom. The number of amides is 2. The van der Waals surface area contributed by atoms with E-state index in [1.165, 1.54) is 11.1 Å².